The molecular weight excluding hydrogens is 763 g/mol. The fourth-order valence-electron chi connectivity index (χ4n) is 10.6. The lowest BCUT2D eigenvalue weighted by Gasteiger charge is -2.42. The minimum atomic E-state index is -0.515. The summed E-state index contributed by atoms with van der Waals surface area (Å²) in [5.41, 5.74) is 22.9. The molecule has 63 heavy (non-hydrogen) atoms. The number of hydrogen-bond acceptors (Lipinski definition) is 3. The summed E-state index contributed by atoms with van der Waals surface area (Å²) < 4.78 is 0. The van der Waals surface area contributed by atoms with Crippen molar-refractivity contribution in [3.63, 3.8) is 0 Å². The highest BCUT2D eigenvalue weighted by Gasteiger charge is 2.51. The normalized spacial score (nSPS) is 19.4. The summed E-state index contributed by atoms with van der Waals surface area (Å²) in [5, 5.41) is 2.63. The number of hydrogen-bond donors (Lipinski definition) is 0. The minimum Gasteiger partial charge on any atom is -0.208 e. The zero-order chi connectivity index (χ0) is 41.9. The summed E-state index contributed by atoms with van der Waals surface area (Å²) in [6.07, 6.45) is 33.1. The van der Waals surface area contributed by atoms with E-state index in [1.807, 2.05) is 60.7 Å². The Morgan fingerprint density at radius 3 is 1.97 bits per heavy atom. The molecule has 1 heterocycles. The lowest BCUT2D eigenvalue weighted by atomic mass is 9.59. The minimum absolute atomic E-state index is 0.515. The molecule has 1 aromatic heterocycles. The number of nitrogens with zero attached hydrogens (tertiary/aromatic N) is 3. The Balaban J connectivity index is 1.03. The van der Waals surface area contributed by atoms with Crippen LogP contribution in [0.3, 0.4) is 0 Å². The predicted molar refractivity (Wildman–Crippen MR) is 259 cm³/mol. The largest absolute Gasteiger partial charge is 0.208 e. The molecule has 0 amide bonds. The summed E-state index contributed by atoms with van der Waals surface area (Å²) in [4.78, 5) is 15.0. The Bertz CT molecular complexity index is 3340. The molecule has 0 bridgehead atoms. The third-order valence-electron chi connectivity index (χ3n) is 13.5. The summed E-state index contributed by atoms with van der Waals surface area (Å²) in [7, 11) is 0. The SMILES string of the molecule is CC1=CC(C2=CC3=C(CC=C2)C2=C(C=C(c4ccc(-c5nc(C6=CC=C=CC=C6)nc(-c6ccccc6)n5)cc4)C=CC2)C32c3ccccc3-c3cccc4cccc2c34)=CCC1. The molecule has 5 aromatic carbocycles. The van der Waals surface area contributed by atoms with E-state index in [0.717, 1.165) is 47.9 Å². The average Bonchev–Trinajstić information content (AvgIpc) is 3.74. The van der Waals surface area contributed by atoms with E-state index in [2.05, 4.69) is 146 Å². The van der Waals surface area contributed by atoms with E-state index < -0.39 is 5.41 Å². The fraction of sp³-hybridized carbons (Fsp3) is 0.100. The molecule has 0 saturated heterocycles. The third-order valence-corrected chi connectivity index (χ3v) is 13.5. The number of aromatic nitrogens is 3. The number of benzene rings is 5. The predicted octanol–water partition coefficient (Wildman–Crippen LogP) is 14.5. The molecular formula is C60H43N3. The van der Waals surface area contributed by atoms with Crippen LogP contribution in [0.4, 0.5) is 0 Å². The first-order valence-corrected chi connectivity index (χ1v) is 22.1. The van der Waals surface area contributed by atoms with Gasteiger partial charge in [-0.25, -0.2) is 15.0 Å². The Hall–Kier alpha value is -7.71. The summed E-state index contributed by atoms with van der Waals surface area (Å²) >= 11 is 0. The van der Waals surface area contributed by atoms with E-state index in [9.17, 15) is 0 Å². The second-order valence-electron chi connectivity index (χ2n) is 17.1. The number of fused-ring (bicyclic) bond motifs is 7. The maximum absolute atomic E-state index is 5.04. The molecule has 0 radical (unpaired) electrons. The van der Waals surface area contributed by atoms with Crippen molar-refractivity contribution >= 4 is 21.9 Å². The van der Waals surface area contributed by atoms with Gasteiger partial charge in [-0.3, -0.25) is 0 Å². The molecule has 0 aliphatic heterocycles. The Labute approximate surface area is 368 Å². The van der Waals surface area contributed by atoms with Gasteiger partial charge in [0.2, 0.25) is 0 Å². The van der Waals surface area contributed by atoms with Crippen molar-refractivity contribution < 1.29 is 0 Å². The molecule has 1 spiro atoms. The highest BCUT2D eigenvalue weighted by atomic mass is 15.0. The van der Waals surface area contributed by atoms with Crippen molar-refractivity contribution in [3.8, 4) is 33.9 Å². The van der Waals surface area contributed by atoms with Gasteiger partial charge in [0.15, 0.2) is 17.5 Å². The topological polar surface area (TPSA) is 38.7 Å². The van der Waals surface area contributed by atoms with Crippen molar-refractivity contribution in [1.29, 1.82) is 0 Å². The molecule has 3 heteroatoms. The van der Waals surface area contributed by atoms with Crippen LogP contribution in [0.1, 0.15) is 55.1 Å². The highest BCUT2D eigenvalue weighted by Crippen LogP contribution is 2.63. The average molecular weight is 806 g/mol. The van der Waals surface area contributed by atoms with E-state index in [-0.39, 0.29) is 0 Å². The number of rotatable bonds is 5. The monoisotopic (exact) mass is 805 g/mol. The maximum atomic E-state index is 5.04. The van der Waals surface area contributed by atoms with E-state index in [1.54, 1.807) is 0 Å². The molecule has 6 aliphatic rings. The van der Waals surface area contributed by atoms with Gasteiger partial charge >= 0.3 is 0 Å². The lowest BCUT2D eigenvalue weighted by molar-refractivity contribution is 0.756. The van der Waals surface area contributed by atoms with Gasteiger partial charge in [-0.1, -0.05) is 169 Å². The van der Waals surface area contributed by atoms with E-state index >= 15 is 0 Å². The Morgan fingerprint density at radius 1 is 0.524 bits per heavy atom. The molecule has 6 aromatic rings. The molecule has 0 saturated carbocycles. The summed E-state index contributed by atoms with van der Waals surface area (Å²) in [6, 6.07) is 41.9. The van der Waals surface area contributed by atoms with Crippen LogP contribution in [0.2, 0.25) is 0 Å². The first-order valence-electron chi connectivity index (χ1n) is 22.1. The Morgan fingerprint density at radius 2 is 1.17 bits per heavy atom. The second-order valence-corrected chi connectivity index (χ2v) is 17.1. The quantitative estimate of drug-likeness (QED) is 0.163. The van der Waals surface area contributed by atoms with Gasteiger partial charge in [-0.2, -0.15) is 0 Å². The van der Waals surface area contributed by atoms with Crippen LogP contribution in [-0.2, 0) is 5.41 Å². The Kier molecular flexibility index (Phi) is 8.85. The molecule has 1 unspecified atom stereocenters. The van der Waals surface area contributed by atoms with Crippen LogP contribution < -0.4 is 0 Å². The van der Waals surface area contributed by atoms with Crippen molar-refractivity contribution in [2.45, 2.75) is 38.0 Å². The van der Waals surface area contributed by atoms with E-state index in [4.69, 9.17) is 15.0 Å². The van der Waals surface area contributed by atoms with Gasteiger partial charge in [0.1, 0.15) is 0 Å². The molecule has 3 nitrogen and oxygen atoms in total. The molecule has 0 N–H and O–H groups in total. The summed E-state index contributed by atoms with van der Waals surface area (Å²) in [6.45, 7) is 2.27. The van der Waals surface area contributed by atoms with Gasteiger partial charge in [-0.15, -0.1) is 5.73 Å². The summed E-state index contributed by atoms with van der Waals surface area (Å²) in [5.74, 6) is 1.91. The zero-order valence-electron chi connectivity index (χ0n) is 35.1. The smallest absolute Gasteiger partial charge is 0.164 e. The second kappa shape index (κ2) is 15.0. The van der Waals surface area contributed by atoms with Crippen LogP contribution in [0.5, 0.6) is 0 Å². The molecule has 12 rings (SSSR count). The zero-order valence-corrected chi connectivity index (χ0v) is 35.1. The van der Waals surface area contributed by atoms with Gasteiger partial charge in [0.25, 0.3) is 0 Å². The highest BCUT2D eigenvalue weighted by molar-refractivity contribution is 6.06. The molecule has 298 valence electrons. The van der Waals surface area contributed by atoms with Crippen LogP contribution in [0.15, 0.2) is 239 Å². The van der Waals surface area contributed by atoms with Crippen molar-refractivity contribution in [2.24, 2.45) is 0 Å². The lowest BCUT2D eigenvalue weighted by Crippen LogP contribution is -2.33. The van der Waals surface area contributed by atoms with Crippen molar-refractivity contribution in [3.05, 3.63) is 262 Å². The standard InChI is InChI=1S/C60H43N3/c1-39-16-11-23-45(36-39)47-25-14-28-49-48-27-13-24-46(37-54(48)60(55(49)38-47)52-30-10-9-26-50(52)51-29-12-21-41-22-15-31-53(60)56(41)51)40-32-34-44(35-33-40)59-62-57(42-17-5-2-3-6-18-42)61-58(63-59)43-19-7-4-8-20-43/h2,4-10,12-15,17-26,29-38H,11,16,27-28H2,1H3. The van der Waals surface area contributed by atoms with Crippen molar-refractivity contribution in [2.75, 3.05) is 0 Å². The van der Waals surface area contributed by atoms with Crippen LogP contribution in [0.25, 0.3) is 55.8 Å². The number of allylic oxidation sites excluding steroid dienone is 21. The van der Waals surface area contributed by atoms with Crippen molar-refractivity contribution in [1.82, 2.24) is 15.0 Å². The fourth-order valence-corrected chi connectivity index (χ4v) is 10.6. The van der Waals surface area contributed by atoms with Crippen LogP contribution >= 0.6 is 0 Å². The first-order chi connectivity index (χ1) is 31.1. The van der Waals surface area contributed by atoms with Gasteiger partial charge < -0.3 is 0 Å². The van der Waals surface area contributed by atoms with Gasteiger partial charge in [0.05, 0.1) is 5.41 Å². The molecule has 0 fully saturated rings. The van der Waals surface area contributed by atoms with Crippen LogP contribution in [0, 0.1) is 0 Å². The van der Waals surface area contributed by atoms with Gasteiger partial charge in [0, 0.05) is 16.7 Å². The van der Waals surface area contributed by atoms with E-state index in [1.165, 1.54) is 77.6 Å². The van der Waals surface area contributed by atoms with Gasteiger partial charge in [-0.05, 0) is 141 Å². The van der Waals surface area contributed by atoms with E-state index in [0.29, 0.717) is 17.5 Å². The third kappa shape index (κ3) is 6.08. The maximum Gasteiger partial charge on any atom is 0.164 e. The first kappa shape index (κ1) is 37.1. The molecule has 1 atom stereocenters. The molecule has 6 aliphatic carbocycles. The van der Waals surface area contributed by atoms with Crippen LogP contribution in [-0.4, -0.2) is 15.0 Å².